The molecule has 3 nitrogen and oxygen atoms in total. The molecule has 0 radical (unpaired) electrons. The molecule has 1 aromatic heterocycles. The molecule has 2 atom stereocenters. The smallest absolute Gasteiger partial charge is 0.0587 e. The Bertz CT molecular complexity index is 381. The number of nitrogens with zero attached hydrogens (tertiary/aromatic N) is 1. The van der Waals surface area contributed by atoms with Crippen molar-refractivity contribution in [2.45, 2.75) is 38.5 Å². The minimum Gasteiger partial charge on any atom is -0.383 e. The van der Waals surface area contributed by atoms with Gasteiger partial charge in [0.25, 0.3) is 0 Å². The normalized spacial score (nSPS) is 20.0. The van der Waals surface area contributed by atoms with E-state index in [0.717, 1.165) is 19.7 Å². The first-order chi connectivity index (χ1) is 9.31. The molecule has 1 aromatic rings. The Labute approximate surface area is 116 Å². The van der Waals surface area contributed by atoms with Gasteiger partial charge in [-0.25, -0.2) is 0 Å². The van der Waals surface area contributed by atoms with Gasteiger partial charge in [0, 0.05) is 31.5 Å². The fraction of sp³-hybridized carbons (Fsp3) is 0.688. The van der Waals surface area contributed by atoms with Crippen LogP contribution in [0.2, 0.25) is 0 Å². The van der Waals surface area contributed by atoms with Crippen molar-refractivity contribution in [3.8, 4) is 0 Å². The second kappa shape index (κ2) is 7.61. The van der Waals surface area contributed by atoms with Crippen molar-refractivity contribution in [3.63, 3.8) is 0 Å². The molecule has 106 valence electrons. The van der Waals surface area contributed by atoms with Crippen LogP contribution in [0.3, 0.4) is 0 Å². The zero-order valence-corrected chi connectivity index (χ0v) is 12.2. The van der Waals surface area contributed by atoms with E-state index in [1.54, 1.807) is 7.11 Å². The van der Waals surface area contributed by atoms with Crippen LogP contribution in [0.1, 0.15) is 43.4 Å². The van der Waals surface area contributed by atoms with Crippen LogP contribution in [-0.4, -0.2) is 31.8 Å². The van der Waals surface area contributed by atoms with E-state index in [4.69, 9.17) is 4.74 Å². The second-order valence-electron chi connectivity index (χ2n) is 5.67. The van der Waals surface area contributed by atoms with Crippen molar-refractivity contribution in [1.29, 1.82) is 0 Å². The summed E-state index contributed by atoms with van der Waals surface area (Å²) in [6, 6.07) is 4.31. The molecule has 0 fully saturated rings. The van der Waals surface area contributed by atoms with E-state index in [0.29, 0.717) is 11.8 Å². The zero-order valence-electron chi connectivity index (χ0n) is 12.2. The summed E-state index contributed by atoms with van der Waals surface area (Å²) >= 11 is 0. The van der Waals surface area contributed by atoms with Crippen molar-refractivity contribution in [2.24, 2.45) is 5.92 Å². The van der Waals surface area contributed by atoms with E-state index < -0.39 is 0 Å². The SMILES string of the molecule is COCCNCC(C)CC1CCCc2cccnc21. The predicted octanol–water partition coefficient (Wildman–Crippen LogP) is 2.76. The van der Waals surface area contributed by atoms with Crippen molar-refractivity contribution in [1.82, 2.24) is 10.3 Å². The van der Waals surface area contributed by atoms with Crippen LogP contribution in [0, 0.1) is 5.92 Å². The molecule has 1 heterocycles. The van der Waals surface area contributed by atoms with Gasteiger partial charge in [0.05, 0.1) is 6.61 Å². The van der Waals surface area contributed by atoms with Crippen LogP contribution in [0.5, 0.6) is 0 Å². The minimum absolute atomic E-state index is 0.657. The molecular formula is C16H26N2O. The molecule has 0 bridgehead atoms. The lowest BCUT2D eigenvalue weighted by Gasteiger charge is -2.26. The maximum atomic E-state index is 5.05. The molecule has 3 heteroatoms. The van der Waals surface area contributed by atoms with Gasteiger partial charge in [-0.3, -0.25) is 4.98 Å². The summed E-state index contributed by atoms with van der Waals surface area (Å²) in [6.45, 7) is 5.14. The van der Waals surface area contributed by atoms with E-state index in [1.165, 1.54) is 36.9 Å². The minimum atomic E-state index is 0.657. The van der Waals surface area contributed by atoms with Gasteiger partial charge in [0.15, 0.2) is 0 Å². The number of hydrogen-bond donors (Lipinski definition) is 1. The highest BCUT2D eigenvalue weighted by Crippen LogP contribution is 2.34. The number of aromatic nitrogens is 1. The Balaban J connectivity index is 1.83. The topological polar surface area (TPSA) is 34.1 Å². The lowest BCUT2D eigenvalue weighted by molar-refractivity contribution is 0.197. The molecule has 19 heavy (non-hydrogen) atoms. The van der Waals surface area contributed by atoms with Crippen LogP contribution in [0.4, 0.5) is 0 Å². The maximum absolute atomic E-state index is 5.05. The first kappa shape index (κ1) is 14.5. The Morgan fingerprint density at radius 1 is 1.53 bits per heavy atom. The van der Waals surface area contributed by atoms with E-state index in [1.807, 2.05) is 6.20 Å². The lowest BCUT2D eigenvalue weighted by Crippen LogP contribution is -2.26. The summed E-state index contributed by atoms with van der Waals surface area (Å²) in [4.78, 5) is 4.62. The molecule has 0 aliphatic heterocycles. The highest BCUT2D eigenvalue weighted by atomic mass is 16.5. The van der Waals surface area contributed by atoms with Crippen LogP contribution in [-0.2, 0) is 11.2 Å². The zero-order chi connectivity index (χ0) is 13.5. The Morgan fingerprint density at radius 2 is 2.42 bits per heavy atom. The van der Waals surface area contributed by atoms with Crippen molar-refractivity contribution in [3.05, 3.63) is 29.6 Å². The van der Waals surface area contributed by atoms with Crippen LogP contribution in [0.15, 0.2) is 18.3 Å². The third-order valence-electron chi connectivity index (χ3n) is 3.97. The molecule has 1 N–H and O–H groups in total. The third-order valence-corrected chi connectivity index (χ3v) is 3.97. The van der Waals surface area contributed by atoms with Crippen molar-refractivity contribution < 1.29 is 4.74 Å². The number of rotatable bonds is 7. The number of fused-ring (bicyclic) bond motifs is 1. The molecular weight excluding hydrogens is 236 g/mol. The van der Waals surface area contributed by atoms with Crippen molar-refractivity contribution >= 4 is 0 Å². The molecule has 2 unspecified atom stereocenters. The Kier molecular flexibility index (Phi) is 5.80. The Morgan fingerprint density at radius 3 is 3.26 bits per heavy atom. The molecule has 1 aliphatic carbocycles. The number of methoxy groups -OCH3 is 1. The van der Waals surface area contributed by atoms with E-state index in [9.17, 15) is 0 Å². The lowest BCUT2D eigenvalue weighted by atomic mass is 9.81. The summed E-state index contributed by atoms with van der Waals surface area (Å²) in [6.07, 6.45) is 7.00. The van der Waals surface area contributed by atoms with Crippen molar-refractivity contribution in [2.75, 3.05) is 26.8 Å². The van der Waals surface area contributed by atoms with Gasteiger partial charge < -0.3 is 10.1 Å². The van der Waals surface area contributed by atoms with E-state index in [-0.39, 0.29) is 0 Å². The fourth-order valence-electron chi connectivity index (χ4n) is 3.03. The monoisotopic (exact) mass is 262 g/mol. The highest BCUT2D eigenvalue weighted by molar-refractivity contribution is 5.25. The molecule has 0 saturated heterocycles. The van der Waals surface area contributed by atoms with Crippen LogP contribution < -0.4 is 5.32 Å². The maximum Gasteiger partial charge on any atom is 0.0587 e. The van der Waals surface area contributed by atoms with Gasteiger partial charge in [0.1, 0.15) is 0 Å². The molecule has 0 aromatic carbocycles. The van der Waals surface area contributed by atoms with Gasteiger partial charge in [-0.2, -0.15) is 0 Å². The number of aryl methyl sites for hydroxylation is 1. The third kappa shape index (κ3) is 4.29. The van der Waals surface area contributed by atoms with Gasteiger partial charge in [-0.1, -0.05) is 13.0 Å². The standard InChI is InChI=1S/C16H26N2O/c1-13(12-17-9-10-19-2)11-15-6-3-5-14-7-4-8-18-16(14)15/h4,7-8,13,15,17H,3,5-6,9-12H2,1-2H3. The predicted molar refractivity (Wildman–Crippen MR) is 78.4 cm³/mol. The summed E-state index contributed by atoms with van der Waals surface area (Å²) < 4.78 is 5.05. The number of nitrogens with one attached hydrogen (secondary N) is 1. The van der Waals surface area contributed by atoms with E-state index in [2.05, 4.69) is 29.4 Å². The molecule has 1 aliphatic rings. The van der Waals surface area contributed by atoms with Gasteiger partial charge in [-0.15, -0.1) is 0 Å². The Hall–Kier alpha value is -0.930. The van der Waals surface area contributed by atoms with Gasteiger partial charge in [0.2, 0.25) is 0 Å². The van der Waals surface area contributed by atoms with Crippen LogP contribution in [0.25, 0.3) is 0 Å². The molecule has 0 spiro atoms. The molecule has 0 amide bonds. The average molecular weight is 262 g/mol. The summed E-state index contributed by atoms with van der Waals surface area (Å²) in [5, 5.41) is 3.45. The summed E-state index contributed by atoms with van der Waals surface area (Å²) in [7, 11) is 1.75. The highest BCUT2D eigenvalue weighted by Gasteiger charge is 2.22. The molecule has 2 rings (SSSR count). The second-order valence-corrected chi connectivity index (χ2v) is 5.67. The number of ether oxygens (including phenoxy) is 1. The van der Waals surface area contributed by atoms with E-state index >= 15 is 0 Å². The van der Waals surface area contributed by atoms with Gasteiger partial charge in [-0.05, 0) is 49.8 Å². The first-order valence-electron chi connectivity index (χ1n) is 7.44. The summed E-state index contributed by atoms with van der Waals surface area (Å²) in [5.41, 5.74) is 2.83. The first-order valence-corrected chi connectivity index (χ1v) is 7.44. The largest absolute Gasteiger partial charge is 0.383 e. The summed E-state index contributed by atoms with van der Waals surface area (Å²) in [5.74, 6) is 1.35. The number of hydrogen-bond acceptors (Lipinski definition) is 3. The fourth-order valence-corrected chi connectivity index (χ4v) is 3.03. The quantitative estimate of drug-likeness (QED) is 0.767. The average Bonchev–Trinajstić information content (AvgIpc) is 2.44. The molecule has 0 saturated carbocycles. The van der Waals surface area contributed by atoms with Crippen LogP contribution >= 0.6 is 0 Å². The number of pyridine rings is 1. The van der Waals surface area contributed by atoms with Gasteiger partial charge >= 0.3 is 0 Å².